The molecular formula is C16H22O. The van der Waals surface area contributed by atoms with Gasteiger partial charge in [-0.05, 0) is 36.8 Å². The summed E-state index contributed by atoms with van der Waals surface area (Å²) in [5.74, 6) is 0.322. The highest BCUT2D eigenvalue weighted by atomic mass is 16.1. The van der Waals surface area contributed by atoms with Gasteiger partial charge >= 0.3 is 0 Å². The average Bonchev–Trinajstić information content (AvgIpc) is 2.36. The highest BCUT2D eigenvalue weighted by Gasteiger charge is 2.05. The highest BCUT2D eigenvalue weighted by molar-refractivity contribution is 5.95. The van der Waals surface area contributed by atoms with Gasteiger partial charge in [-0.1, -0.05) is 50.3 Å². The Morgan fingerprint density at radius 2 is 1.88 bits per heavy atom. The van der Waals surface area contributed by atoms with Crippen molar-refractivity contribution >= 4 is 5.78 Å². The van der Waals surface area contributed by atoms with E-state index in [9.17, 15) is 4.79 Å². The van der Waals surface area contributed by atoms with E-state index in [-0.39, 0.29) is 0 Å². The molecule has 1 aromatic carbocycles. The second-order valence-corrected chi connectivity index (χ2v) is 4.28. The topological polar surface area (TPSA) is 17.1 Å². The first-order valence-corrected chi connectivity index (χ1v) is 6.54. The van der Waals surface area contributed by atoms with E-state index in [0.717, 1.165) is 31.3 Å². The molecule has 0 saturated carbocycles. The van der Waals surface area contributed by atoms with Gasteiger partial charge in [0.25, 0.3) is 0 Å². The van der Waals surface area contributed by atoms with Gasteiger partial charge in [-0.25, -0.2) is 0 Å². The highest BCUT2D eigenvalue weighted by Crippen LogP contribution is 2.10. The fourth-order valence-electron chi connectivity index (χ4n) is 1.90. The van der Waals surface area contributed by atoms with Gasteiger partial charge in [-0.2, -0.15) is 0 Å². The molecule has 0 aromatic heterocycles. The average molecular weight is 230 g/mol. The van der Waals surface area contributed by atoms with Gasteiger partial charge in [0.2, 0.25) is 0 Å². The predicted molar refractivity (Wildman–Crippen MR) is 73.1 cm³/mol. The quantitative estimate of drug-likeness (QED) is 0.637. The maximum absolute atomic E-state index is 11.7. The van der Waals surface area contributed by atoms with Gasteiger partial charge < -0.3 is 0 Å². The van der Waals surface area contributed by atoms with Crippen LogP contribution < -0.4 is 0 Å². The van der Waals surface area contributed by atoms with Gasteiger partial charge in [-0.15, -0.1) is 0 Å². The summed E-state index contributed by atoms with van der Waals surface area (Å²) in [5, 5.41) is 0. The fourth-order valence-corrected chi connectivity index (χ4v) is 1.90. The number of carbonyl (C=O) groups is 1. The van der Waals surface area contributed by atoms with Crippen molar-refractivity contribution in [1.82, 2.24) is 0 Å². The number of hydrogen-bond donors (Lipinski definition) is 0. The molecule has 0 aliphatic heterocycles. The van der Waals surface area contributed by atoms with Crippen molar-refractivity contribution in [3.05, 3.63) is 47.5 Å². The largest absolute Gasteiger partial charge is 0.295 e. The van der Waals surface area contributed by atoms with Crippen LogP contribution in [0.4, 0.5) is 0 Å². The van der Waals surface area contributed by atoms with Crippen molar-refractivity contribution in [2.75, 3.05) is 0 Å². The molecule has 0 aliphatic rings. The van der Waals surface area contributed by atoms with Gasteiger partial charge in [0.05, 0.1) is 0 Å². The normalized spacial score (nSPS) is 11.5. The number of carbonyl (C=O) groups excluding carboxylic acids is 1. The maximum atomic E-state index is 11.7. The number of allylic oxidation sites excluding steroid dienone is 2. The van der Waals surface area contributed by atoms with Crippen molar-refractivity contribution < 1.29 is 4.79 Å². The minimum Gasteiger partial charge on any atom is -0.295 e. The SMILES string of the molecule is CCCC(=O)/C(=C/CCc1ccccc1)CC. The standard InChI is InChI=1S/C16H22O/c1-3-9-16(17)15(4-2)13-8-12-14-10-6-5-7-11-14/h5-7,10-11,13H,3-4,8-9,12H2,1-2H3/b15-13+. The van der Waals surface area contributed by atoms with Gasteiger partial charge in [0.15, 0.2) is 5.78 Å². The van der Waals surface area contributed by atoms with Gasteiger partial charge in [-0.3, -0.25) is 4.79 Å². The van der Waals surface area contributed by atoms with Crippen LogP contribution in [0.15, 0.2) is 42.0 Å². The molecule has 0 aliphatic carbocycles. The second-order valence-electron chi connectivity index (χ2n) is 4.28. The van der Waals surface area contributed by atoms with E-state index in [4.69, 9.17) is 0 Å². The van der Waals surface area contributed by atoms with Crippen LogP contribution in [0.2, 0.25) is 0 Å². The molecule has 0 N–H and O–H groups in total. The monoisotopic (exact) mass is 230 g/mol. The molecule has 0 amide bonds. The molecule has 0 fully saturated rings. The summed E-state index contributed by atoms with van der Waals surface area (Å²) in [6.45, 7) is 4.11. The van der Waals surface area contributed by atoms with E-state index in [1.54, 1.807) is 0 Å². The minimum absolute atomic E-state index is 0.322. The molecular weight excluding hydrogens is 208 g/mol. The molecule has 0 saturated heterocycles. The van der Waals surface area contributed by atoms with Crippen molar-refractivity contribution in [1.29, 1.82) is 0 Å². The summed E-state index contributed by atoms with van der Waals surface area (Å²) in [7, 11) is 0. The van der Waals surface area contributed by atoms with Crippen LogP contribution in [0.25, 0.3) is 0 Å². The number of benzene rings is 1. The zero-order chi connectivity index (χ0) is 12.5. The van der Waals surface area contributed by atoms with Crippen LogP contribution in [-0.2, 0) is 11.2 Å². The first kappa shape index (κ1) is 13.7. The molecule has 17 heavy (non-hydrogen) atoms. The maximum Gasteiger partial charge on any atom is 0.158 e. The molecule has 0 spiro atoms. The number of Topliss-reactive ketones (excluding diaryl/α,β-unsaturated/α-hetero) is 1. The minimum atomic E-state index is 0.322. The van der Waals surface area contributed by atoms with Crippen molar-refractivity contribution in [3.8, 4) is 0 Å². The Morgan fingerprint density at radius 3 is 2.47 bits per heavy atom. The van der Waals surface area contributed by atoms with Crippen LogP contribution in [0.3, 0.4) is 0 Å². The molecule has 92 valence electrons. The van der Waals surface area contributed by atoms with Crippen LogP contribution in [0, 0.1) is 0 Å². The first-order valence-electron chi connectivity index (χ1n) is 6.54. The smallest absolute Gasteiger partial charge is 0.158 e. The Labute approximate surface area is 105 Å². The second kappa shape index (κ2) is 7.83. The van der Waals surface area contributed by atoms with Crippen molar-refractivity contribution in [2.45, 2.75) is 46.0 Å². The third-order valence-corrected chi connectivity index (χ3v) is 2.88. The Hall–Kier alpha value is -1.37. The van der Waals surface area contributed by atoms with Crippen LogP contribution in [0.5, 0.6) is 0 Å². The molecule has 0 unspecified atom stereocenters. The van der Waals surface area contributed by atoms with Crippen LogP contribution in [0.1, 0.15) is 45.1 Å². The van der Waals surface area contributed by atoms with Gasteiger partial charge in [0.1, 0.15) is 0 Å². The van der Waals surface area contributed by atoms with E-state index in [2.05, 4.69) is 44.2 Å². The lowest BCUT2D eigenvalue weighted by molar-refractivity contribution is -0.115. The van der Waals surface area contributed by atoms with E-state index < -0.39 is 0 Å². The number of hydrogen-bond acceptors (Lipinski definition) is 1. The third-order valence-electron chi connectivity index (χ3n) is 2.88. The first-order chi connectivity index (χ1) is 8.27. The fraction of sp³-hybridized carbons (Fsp3) is 0.438. The molecule has 0 atom stereocenters. The molecule has 1 nitrogen and oxygen atoms in total. The van der Waals surface area contributed by atoms with Crippen molar-refractivity contribution in [3.63, 3.8) is 0 Å². The summed E-state index contributed by atoms with van der Waals surface area (Å²) in [4.78, 5) is 11.7. The Morgan fingerprint density at radius 1 is 1.18 bits per heavy atom. The van der Waals surface area contributed by atoms with E-state index >= 15 is 0 Å². The lowest BCUT2D eigenvalue weighted by Crippen LogP contribution is -2.01. The number of rotatable bonds is 7. The molecule has 1 heteroatoms. The molecule has 1 aromatic rings. The Kier molecular flexibility index (Phi) is 6.31. The van der Waals surface area contributed by atoms with Crippen molar-refractivity contribution in [2.24, 2.45) is 0 Å². The lowest BCUT2D eigenvalue weighted by atomic mass is 10.0. The Bertz CT molecular complexity index is 362. The van der Waals surface area contributed by atoms with E-state index in [1.165, 1.54) is 5.56 Å². The Balaban J connectivity index is 2.48. The van der Waals surface area contributed by atoms with Crippen LogP contribution >= 0.6 is 0 Å². The zero-order valence-corrected chi connectivity index (χ0v) is 10.9. The zero-order valence-electron chi connectivity index (χ0n) is 10.9. The third kappa shape index (κ3) is 4.99. The number of ketones is 1. The summed E-state index contributed by atoms with van der Waals surface area (Å²) in [5.41, 5.74) is 2.34. The lowest BCUT2D eigenvalue weighted by Gasteiger charge is -2.03. The van der Waals surface area contributed by atoms with Gasteiger partial charge in [0, 0.05) is 6.42 Å². The molecule has 1 rings (SSSR count). The molecule has 0 heterocycles. The predicted octanol–water partition coefficient (Wildman–Crippen LogP) is 4.32. The molecule has 0 radical (unpaired) electrons. The summed E-state index contributed by atoms with van der Waals surface area (Å²) >= 11 is 0. The summed E-state index contributed by atoms with van der Waals surface area (Å²) in [6.07, 6.45) is 6.57. The summed E-state index contributed by atoms with van der Waals surface area (Å²) < 4.78 is 0. The van der Waals surface area contributed by atoms with E-state index in [0.29, 0.717) is 12.2 Å². The van der Waals surface area contributed by atoms with E-state index in [1.807, 2.05) is 6.07 Å². The summed E-state index contributed by atoms with van der Waals surface area (Å²) in [6, 6.07) is 10.4. The van der Waals surface area contributed by atoms with Crippen LogP contribution in [-0.4, -0.2) is 5.78 Å². The molecule has 0 bridgehead atoms. The number of aryl methyl sites for hydroxylation is 1.